The number of amides is 3. The van der Waals surface area contributed by atoms with Crippen LogP contribution in [0.15, 0.2) is 60.7 Å². The number of carbonyl (C=O) groups excluding carboxylic acids is 5. The van der Waals surface area contributed by atoms with Crippen LogP contribution in [0.25, 0.3) is 6.08 Å². The van der Waals surface area contributed by atoms with Gasteiger partial charge in [0.2, 0.25) is 5.91 Å². The van der Waals surface area contributed by atoms with Crippen LogP contribution in [0.4, 0.5) is 0 Å². The fourth-order valence-electron chi connectivity index (χ4n) is 4.25. The van der Waals surface area contributed by atoms with E-state index in [0.29, 0.717) is 0 Å². The summed E-state index contributed by atoms with van der Waals surface area (Å²) in [6.07, 6.45) is 2.93. The molecule has 1 saturated heterocycles. The van der Waals surface area contributed by atoms with Crippen molar-refractivity contribution in [1.82, 2.24) is 9.80 Å². The lowest BCUT2D eigenvalue weighted by Crippen LogP contribution is -2.74. The summed E-state index contributed by atoms with van der Waals surface area (Å²) >= 11 is 0. The smallest absolute Gasteiger partial charge is 0.329 e. The number of hydrogen-bond donors (Lipinski definition) is 0. The molecule has 0 saturated carbocycles. The van der Waals surface area contributed by atoms with Gasteiger partial charge in [0.25, 0.3) is 11.8 Å². The Morgan fingerprint density at radius 1 is 0.912 bits per heavy atom. The number of hydrogen-bond acceptors (Lipinski definition) is 7. The molecule has 2 heterocycles. The van der Waals surface area contributed by atoms with Crippen LogP contribution in [-0.2, 0) is 23.9 Å². The average molecular weight is 462 g/mol. The first kappa shape index (κ1) is 22.9. The maximum absolute atomic E-state index is 13.3. The van der Waals surface area contributed by atoms with Gasteiger partial charge in [-0.3, -0.25) is 24.1 Å². The van der Waals surface area contributed by atoms with Crippen molar-refractivity contribution in [3.63, 3.8) is 0 Å². The van der Waals surface area contributed by atoms with E-state index in [9.17, 15) is 24.0 Å². The highest BCUT2D eigenvalue weighted by Gasteiger charge is 2.58. The van der Waals surface area contributed by atoms with E-state index in [-0.39, 0.29) is 11.1 Å². The van der Waals surface area contributed by atoms with Gasteiger partial charge in [0.1, 0.15) is 12.1 Å². The van der Waals surface area contributed by atoms with Crippen LogP contribution in [0.1, 0.15) is 32.7 Å². The molecule has 9 nitrogen and oxygen atoms in total. The number of carbonyl (C=O) groups is 5. The zero-order valence-corrected chi connectivity index (χ0v) is 18.5. The third-order valence-corrected chi connectivity index (χ3v) is 5.94. The van der Waals surface area contributed by atoms with Gasteiger partial charge in [0, 0.05) is 0 Å². The molecule has 0 bridgehead atoms. The lowest BCUT2D eigenvalue weighted by Gasteiger charge is -2.50. The summed E-state index contributed by atoms with van der Waals surface area (Å²) in [6, 6.07) is 12.2. The zero-order valence-electron chi connectivity index (χ0n) is 18.5. The van der Waals surface area contributed by atoms with Crippen molar-refractivity contribution in [2.75, 3.05) is 14.2 Å². The molecule has 0 aromatic heterocycles. The monoisotopic (exact) mass is 462 g/mol. The second kappa shape index (κ2) is 9.30. The van der Waals surface area contributed by atoms with Crippen molar-refractivity contribution in [3.05, 3.63) is 77.4 Å². The third kappa shape index (κ3) is 3.85. The van der Waals surface area contributed by atoms with Crippen LogP contribution in [-0.4, -0.2) is 71.8 Å². The molecule has 2 aliphatic rings. The van der Waals surface area contributed by atoms with Gasteiger partial charge in [-0.25, -0.2) is 4.79 Å². The normalized spacial score (nSPS) is 20.2. The van der Waals surface area contributed by atoms with Gasteiger partial charge in [-0.15, -0.1) is 0 Å². The van der Waals surface area contributed by atoms with Gasteiger partial charge in [-0.05, 0) is 17.7 Å². The average Bonchev–Trinajstić information content (AvgIpc) is 3.11. The highest BCUT2D eigenvalue weighted by Crippen LogP contribution is 2.36. The molecule has 2 aromatic carbocycles. The Bertz CT molecular complexity index is 1160. The fourth-order valence-corrected chi connectivity index (χ4v) is 4.25. The van der Waals surface area contributed by atoms with Gasteiger partial charge in [-0.2, -0.15) is 0 Å². The van der Waals surface area contributed by atoms with Crippen LogP contribution < -0.4 is 0 Å². The van der Waals surface area contributed by atoms with E-state index in [1.54, 1.807) is 24.3 Å². The van der Waals surface area contributed by atoms with E-state index in [1.807, 2.05) is 30.3 Å². The Hall–Kier alpha value is -4.27. The Labute approximate surface area is 195 Å². The second-order valence-electron chi connectivity index (χ2n) is 7.80. The highest BCUT2D eigenvalue weighted by atomic mass is 16.5. The quantitative estimate of drug-likeness (QED) is 0.350. The van der Waals surface area contributed by atoms with Gasteiger partial charge in [-0.1, -0.05) is 54.6 Å². The number of esters is 2. The van der Waals surface area contributed by atoms with Gasteiger partial charge in [0.15, 0.2) is 0 Å². The molecule has 4 rings (SSSR count). The number of fused-ring (bicyclic) bond motifs is 1. The van der Waals surface area contributed by atoms with Gasteiger partial charge >= 0.3 is 11.9 Å². The summed E-state index contributed by atoms with van der Waals surface area (Å²) in [5.74, 6) is -3.33. The molecule has 2 aromatic rings. The predicted molar refractivity (Wildman–Crippen MR) is 119 cm³/mol. The molecule has 3 atom stereocenters. The largest absolute Gasteiger partial charge is 0.469 e. The summed E-state index contributed by atoms with van der Waals surface area (Å²) < 4.78 is 9.49. The maximum Gasteiger partial charge on any atom is 0.329 e. The van der Waals surface area contributed by atoms with Crippen LogP contribution in [0.5, 0.6) is 0 Å². The standard InChI is InChI=1S/C25H22N2O7/c1-33-20(28)14-19(25(32)34-2)26-18(13-12-15-8-4-3-5-9-15)21(24(26)31)27-22(29)16-10-6-7-11-17(16)23(27)30/h3-13,18-19,21H,14H2,1-2H3/b13-12+/t18-,19-,21+/m0/s1. The number of imide groups is 1. The molecule has 0 N–H and O–H groups in total. The molecule has 0 aliphatic carbocycles. The van der Waals surface area contributed by atoms with E-state index in [4.69, 9.17) is 4.74 Å². The first-order valence-electron chi connectivity index (χ1n) is 10.6. The van der Waals surface area contributed by atoms with Crippen LogP contribution in [0.2, 0.25) is 0 Å². The Morgan fingerprint density at radius 3 is 2.06 bits per heavy atom. The molecule has 174 valence electrons. The minimum absolute atomic E-state index is 0.212. The molecule has 2 aliphatic heterocycles. The van der Waals surface area contributed by atoms with Crippen molar-refractivity contribution in [1.29, 1.82) is 0 Å². The van der Waals surface area contributed by atoms with E-state index < -0.39 is 54.2 Å². The third-order valence-electron chi connectivity index (χ3n) is 5.94. The summed E-state index contributed by atoms with van der Waals surface area (Å²) in [7, 11) is 2.32. The summed E-state index contributed by atoms with van der Waals surface area (Å²) in [5.41, 5.74) is 1.23. The van der Waals surface area contributed by atoms with Crippen molar-refractivity contribution in [3.8, 4) is 0 Å². The number of rotatable bonds is 7. The van der Waals surface area contributed by atoms with Crippen molar-refractivity contribution in [2.45, 2.75) is 24.5 Å². The van der Waals surface area contributed by atoms with Crippen LogP contribution >= 0.6 is 0 Å². The van der Waals surface area contributed by atoms with E-state index in [2.05, 4.69) is 4.74 Å². The SMILES string of the molecule is COC(=O)C[C@@H](C(=O)OC)N1C(=O)[C@H](N2C(=O)c3ccccc3C2=O)[C@@H]1/C=C/c1ccccc1. The van der Waals surface area contributed by atoms with E-state index in [0.717, 1.165) is 22.5 Å². The van der Waals surface area contributed by atoms with E-state index in [1.165, 1.54) is 19.2 Å². The Kier molecular flexibility index (Phi) is 6.27. The molecule has 1 fully saturated rings. The first-order valence-corrected chi connectivity index (χ1v) is 10.6. The lowest BCUT2D eigenvalue weighted by atomic mass is 9.89. The van der Waals surface area contributed by atoms with Crippen molar-refractivity contribution in [2.24, 2.45) is 0 Å². The van der Waals surface area contributed by atoms with Gasteiger partial charge in [0.05, 0.1) is 37.8 Å². The Morgan fingerprint density at radius 2 is 1.50 bits per heavy atom. The molecule has 34 heavy (non-hydrogen) atoms. The minimum atomic E-state index is -1.28. The maximum atomic E-state index is 13.3. The first-order chi connectivity index (χ1) is 16.4. The second-order valence-corrected chi connectivity index (χ2v) is 7.80. The molecule has 0 unspecified atom stereocenters. The Balaban J connectivity index is 1.72. The topological polar surface area (TPSA) is 110 Å². The lowest BCUT2D eigenvalue weighted by molar-refractivity contribution is -0.170. The summed E-state index contributed by atoms with van der Waals surface area (Å²) in [4.78, 5) is 66.0. The van der Waals surface area contributed by atoms with Crippen molar-refractivity contribution >= 4 is 35.7 Å². The molecular weight excluding hydrogens is 440 g/mol. The number of β-lactam (4-membered cyclic amide) rings is 1. The van der Waals surface area contributed by atoms with Gasteiger partial charge < -0.3 is 14.4 Å². The minimum Gasteiger partial charge on any atom is -0.469 e. The molecular formula is C25H22N2O7. The molecule has 3 amide bonds. The number of nitrogens with zero attached hydrogens (tertiary/aromatic N) is 2. The number of methoxy groups -OCH3 is 2. The molecule has 9 heteroatoms. The van der Waals surface area contributed by atoms with E-state index >= 15 is 0 Å². The highest BCUT2D eigenvalue weighted by molar-refractivity contribution is 6.23. The number of ether oxygens (including phenoxy) is 2. The fraction of sp³-hybridized carbons (Fsp3) is 0.240. The predicted octanol–water partition coefficient (Wildman–Crippen LogP) is 1.68. The zero-order chi connectivity index (χ0) is 24.4. The molecule has 0 spiro atoms. The summed E-state index contributed by atoms with van der Waals surface area (Å²) in [5, 5.41) is 0. The number of benzene rings is 2. The van der Waals surface area contributed by atoms with Crippen LogP contribution in [0, 0.1) is 0 Å². The number of likely N-dealkylation sites (tertiary alicyclic amines) is 1. The molecule has 0 radical (unpaired) electrons. The van der Waals surface area contributed by atoms with Crippen LogP contribution in [0.3, 0.4) is 0 Å². The summed E-state index contributed by atoms with van der Waals surface area (Å²) in [6.45, 7) is 0. The van der Waals surface area contributed by atoms with Crippen molar-refractivity contribution < 1.29 is 33.4 Å².